The summed E-state index contributed by atoms with van der Waals surface area (Å²) in [5.74, 6) is 3.34. The van der Waals surface area contributed by atoms with E-state index in [0.717, 1.165) is 22.0 Å². The van der Waals surface area contributed by atoms with E-state index in [4.69, 9.17) is 34.8 Å². The van der Waals surface area contributed by atoms with Crippen molar-refractivity contribution in [3.63, 3.8) is 0 Å². The van der Waals surface area contributed by atoms with Gasteiger partial charge in [0.15, 0.2) is 6.10 Å². The van der Waals surface area contributed by atoms with Gasteiger partial charge in [-0.15, -0.1) is 6.42 Å². The van der Waals surface area contributed by atoms with E-state index in [9.17, 15) is 0 Å². The molecule has 0 saturated carbocycles. The van der Waals surface area contributed by atoms with Gasteiger partial charge in [-0.05, 0) is 24.6 Å². The number of fused-ring (bicyclic) bond motifs is 1. The molecule has 0 amide bonds. The maximum Gasteiger partial charge on any atom is 0.161 e. The topological polar surface area (TPSA) is 71.2 Å². The molecule has 1 aromatic carbocycles. The molecule has 0 spiro atoms. The first-order chi connectivity index (χ1) is 13.7. The Kier molecular flexibility index (Phi) is 8.85. The van der Waals surface area contributed by atoms with Gasteiger partial charge < -0.3 is 33.4 Å². The fourth-order valence-electron chi connectivity index (χ4n) is 2.86. The van der Waals surface area contributed by atoms with Crippen molar-refractivity contribution in [1.29, 1.82) is 0 Å². The Morgan fingerprint density at radius 2 is 1.96 bits per heavy atom. The molecule has 7 heteroatoms. The van der Waals surface area contributed by atoms with Crippen LogP contribution in [0.25, 0.3) is 17.0 Å². The summed E-state index contributed by atoms with van der Waals surface area (Å²) in [6, 6.07) is 3.83. The van der Waals surface area contributed by atoms with Gasteiger partial charge in [-0.2, -0.15) is 0 Å². The van der Waals surface area contributed by atoms with E-state index >= 15 is 0 Å². The zero-order chi connectivity index (χ0) is 20.4. The molecule has 0 radical (unpaired) electrons. The number of ether oxygens (including phenoxy) is 6. The lowest BCUT2D eigenvalue weighted by atomic mass is 10.0. The Morgan fingerprint density at radius 1 is 1.18 bits per heavy atom. The third-order valence-electron chi connectivity index (χ3n) is 4.01. The van der Waals surface area contributed by atoms with Crippen LogP contribution in [0.2, 0.25) is 0 Å². The number of aromatic amines is 1. The summed E-state index contributed by atoms with van der Waals surface area (Å²) in [4.78, 5) is 3.36. The van der Waals surface area contributed by atoms with Crippen LogP contribution < -0.4 is 4.74 Å². The summed E-state index contributed by atoms with van der Waals surface area (Å²) in [6.45, 7) is 3.10. The Morgan fingerprint density at radius 3 is 2.61 bits per heavy atom. The van der Waals surface area contributed by atoms with Crippen LogP contribution in [-0.2, 0) is 30.3 Å². The summed E-state index contributed by atoms with van der Waals surface area (Å²) in [6.07, 6.45) is 8.58. The van der Waals surface area contributed by atoms with E-state index in [2.05, 4.69) is 10.9 Å². The molecule has 1 atom stereocenters. The van der Waals surface area contributed by atoms with Crippen LogP contribution in [0.5, 0.6) is 5.75 Å². The van der Waals surface area contributed by atoms with E-state index in [1.807, 2.05) is 25.1 Å². The number of terminal acetylenes is 1. The van der Waals surface area contributed by atoms with Crippen LogP contribution in [0.1, 0.15) is 29.8 Å². The first kappa shape index (κ1) is 21.8. The highest BCUT2D eigenvalue weighted by Gasteiger charge is 2.22. The van der Waals surface area contributed by atoms with Crippen molar-refractivity contribution in [3.8, 4) is 18.1 Å². The normalized spacial score (nSPS) is 12.4. The van der Waals surface area contributed by atoms with Crippen molar-refractivity contribution >= 4 is 17.0 Å². The van der Waals surface area contributed by atoms with E-state index < -0.39 is 6.10 Å². The average molecular weight is 389 g/mol. The molecule has 1 N–H and O–H groups in total. The minimum Gasteiger partial charge on any atom is -0.501 e. The Labute approximate surface area is 165 Å². The monoisotopic (exact) mass is 389 g/mol. The minimum atomic E-state index is -0.633. The number of rotatable bonds is 12. The molecule has 0 aliphatic heterocycles. The summed E-state index contributed by atoms with van der Waals surface area (Å²) < 4.78 is 32.2. The van der Waals surface area contributed by atoms with Gasteiger partial charge in [-0.3, -0.25) is 0 Å². The van der Waals surface area contributed by atoms with Crippen molar-refractivity contribution in [2.75, 3.05) is 41.5 Å². The summed E-state index contributed by atoms with van der Waals surface area (Å²) in [5, 5.41) is 0.919. The molecule has 1 heterocycles. The molecular formula is C21H27NO6. The summed E-state index contributed by atoms with van der Waals surface area (Å²) in [5.41, 5.74) is 3.31. The predicted molar refractivity (Wildman–Crippen MR) is 107 cm³/mol. The number of nitrogens with one attached hydrogen (secondary N) is 1. The molecule has 2 aromatic rings. The predicted octanol–water partition coefficient (Wildman–Crippen LogP) is 3.60. The van der Waals surface area contributed by atoms with E-state index in [0.29, 0.717) is 24.7 Å². The highest BCUT2D eigenvalue weighted by Crippen LogP contribution is 2.37. The minimum absolute atomic E-state index is 0.0692. The molecule has 1 aromatic heterocycles. The second-order valence-electron chi connectivity index (χ2n) is 5.76. The number of H-pyrrole nitrogens is 1. The number of methoxy groups -OCH3 is 3. The van der Waals surface area contributed by atoms with Crippen LogP contribution in [0, 0.1) is 12.3 Å². The molecule has 152 valence electrons. The van der Waals surface area contributed by atoms with Gasteiger partial charge >= 0.3 is 0 Å². The molecule has 0 aliphatic carbocycles. The molecular weight excluding hydrogens is 362 g/mol. The van der Waals surface area contributed by atoms with Gasteiger partial charge in [-0.1, -0.05) is 12.0 Å². The van der Waals surface area contributed by atoms with Crippen molar-refractivity contribution in [1.82, 2.24) is 4.98 Å². The van der Waals surface area contributed by atoms with Crippen molar-refractivity contribution in [2.45, 2.75) is 19.6 Å². The molecule has 28 heavy (non-hydrogen) atoms. The fourth-order valence-corrected chi connectivity index (χ4v) is 2.86. The van der Waals surface area contributed by atoms with E-state index in [1.54, 1.807) is 27.6 Å². The van der Waals surface area contributed by atoms with Crippen molar-refractivity contribution in [2.24, 2.45) is 0 Å². The van der Waals surface area contributed by atoms with Gasteiger partial charge in [0, 0.05) is 25.2 Å². The Bertz CT molecular complexity index is 820. The Balaban J connectivity index is 2.64. The number of benzene rings is 1. The largest absolute Gasteiger partial charge is 0.501 e. The number of aromatic nitrogens is 1. The van der Waals surface area contributed by atoms with Crippen LogP contribution in [-0.4, -0.2) is 46.5 Å². The third-order valence-corrected chi connectivity index (χ3v) is 4.01. The second-order valence-corrected chi connectivity index (χ2v) is 5.76. The van der Waals surface area contributed by atoms with Crippen LogP contribution in [0.4, 0.5) is 0 Å². The van der Waals surface area contributed by atoms with Crippen LogP contribution >= 0.6 is 0 Å². The smallest absolute Gasteiger partial charge is 0.161 e. The average Bonchev–Trinajstić information content (AvgIpc) is 3.09. The lowest BCUT2D eigenvalue weighted by Gasteiger charge is -2.12. The van der Waals surface area contributed by atoms with Crippen molar-refractivity contribution in [3.05, 3.63) is 35.2 Å². The standard InChI is InChI=1S/C21H27NO6/c1-6-17(28-14-24-4)20-16(10-11-26-7-2)19-15(12-27-13-23-3)8-9-18(25-5)21(19)22-20/h1,8-11,17,22H,7,12-14H2,2-5H3. The SMILES string of the molecule is C#CC(OCOC)c1[nH]c2c(OC)ccc(COCOC)c2c1C=COCC. The zero-order valence-electron chi connectivity index (χ0n) is 16.7. The van der Waals surface area contributed by atoms with Crippen LogP contribution in [0.3, 0.4) is 0 Å². The van der Waals surface area contributed by atoms with Gasteiger partial charge in [0.05, 0.1) is 37.8 Å². The fraction of sp³-hybridized carbons (Fsp3) is 0.429. The lowest BCUT2D eigenvalue weighted by Crippen LogP contribution is -2.06. The first-order valence-electron chi connectivity index (χ1n) is 8.84. The van der Waals surface area contributed by atoms with E-state index in [-0.39, 0.29) is 13.6 Å². The highest BCUT2D eigenvalue weighted by atomic mass is 16.7. The third kappa shape index (κ3) is 5.06. The quantitative estimate of drug-likeness (QED) is 0.259. The second kappa shape index (κ2) is 11.4. The maximum atomic E-state index is 5.72. The Hall–Kier alpha value is -2.50. The van der Waals surface area contributed by atoms with Crippen LogP contribution in [0.15, 0.2) is 18.4 Å². The molecule has 0 saturated heterocycles. The molecule has 0 aliphatic rings. The number of hydrogen-bond donors (Lipinski definition) is 1. The molecule has 7 nitrogen and oxygen atoms in total. The van der Waals surface area contributed by atoms with Gasteiger partial charge in [0.25, 0.3) is 0 Å². The molecule has 0 fully saturated rings. The van der Waals surface area contributed by atoms with Gasteiger partial charge in [0.2, 0.25) is 0 Å². The highest BCUT2D eigenvalue weighted by molar-refractivity contribution is 5.97. The molecule has 2 rings (SSSR count). The van der Waals surface area contributed by atoms with Crippen molar-refractivity contribution < 1.29 is 28.4 Å². The number of hydrogen-bond acceptors (Lipinski definition) is 6. The van der Waals surface area contributed by atoms with Gasteiger partial charge in [-0.25, -0.2) is 0 Å². The first-order valence-corrected chi connectivity index (χ1v) is 8.84. The van der Waals surface area contributed by atoms with Gasteiger partial charge in [0.1, 0.15) is 19.3 Å². The summed E-state index contributed by atoms with van der Waals surface area (Å²) >= 11 is 0. The maximum absolute atomic E-state index is 5.72. The molecule has 0 bridgehead atoms. The lowest BCUT2D eigenvalue weighted by molar-refractivity contribution is -0.0545. The van der Waals surface area contributed by atoms with E-state index in [1.165, 1.54) is 0 Å². The molecule has 1 unspecified atom stereocenters. The zero-order valence-corrected chi connectivity index (χ0v) is 16.7. The summed E-state index contributed by atoms with van der Waals surface area (Å²) in [7, 11) is 4.74.